The van der Waals surface area contributed by atoms with Crippen LogP contribution in [-0.2, 0) is 0 Å². The third-order valence-corrected chi connectivity index (χ3v) is 5.17. The molecular formula is C20H36N2O. The lowest BCUT2D eigenvalue weighted by Crippen LogP contribution is -2.42. The maximum atomic E-state index is 10.3. The summed E-state index contributed by atoms with van der Waals surface area (Å²) in [7, 11) is 0. The van der Waals surface area contributed by atoms with Crippen LogP contribution in [0, 0.1) is 0 Å². The highest BCUT2D eigenvalue weighted by atomic mass is 16.3. The third-order valence-electron chi connectivity index (χ3n) is 5.17. The van der Waals surface area contributed by atoms with Crippen molar-refractivity contribution in [1.29, 1.82) is 0 Å². The van der Waals surface area contributed by atoms with Crippen LogP contribution in [0.3, 0.4) is 0 Å². The number of β-amino-alcohol motifs (C(OH)–C–C–N with tert-alkyl or cyclic N) is 1. The van der Waals surface area contributed by atoms with E-state index >= 15 is 0 Å². The van der Waals surface area contributed by atoms with Gasteiger partial charge >= 0.3 is 0 Å². The van der Waals surface area contributed by atoms with Gasteiger partial charge in [-0.25, -0.2) is 0 Å². The van der Waals surface area contributed by atoms with Crippen molar-refractivity contribution in [3.05, 3.63) is 12.2 Å². The SMILES string of the molecule is OC1CN=CCCCCCN(C2CCCC=CCCCCC2)C1. The molecular weight excluding hydrogens is 284 g/mol. The molecule has 0 fully saturated rings. The maximum Gasteiger partial charge on any atom is 0.0861 e. The summed E-state index contributed by atoms with van der Waals surface area (Å²) in [5.74, 6) is 0. The van der Waals surface area contributed by atoms with Gasteiger partial charge in [0.05, 0.1) is 12.6 Å². The molecule has 0 aromatic carbocycles. The Balaban J connectivity index is 1.93. The molecule has 1 aliphatic heterocycles. The molecule has 2 aliphatic rings. The average molecular weight is 321 g/mol. The summed E-state index contributed by atoms with van der Waals surface area (Å²) >= 11 is 0. The third kappa shape index (κ3) is 8.12. The van der Waals surface area contributed by atoms with Crippen LogP contribution in [0.4, 0.5) is 0 Å². The first kappa shape index (κ1) is 18.7. The van der Waals surface area contributed by atoms with E-state index in [0.29, 0.717) is 12.6 Å². The van der Waals surface area contributed by atoms with Crippen LogP contribution in [0.2, 0.25) is 0 Å². The van der Waals surface area contributed by atoms with Crippen molar-refractivity contribution in [1.82, 2.24) is 4.90 Å². The van der Waals surface area contributed by atoms with Gasteiger partial charge in [-0.05, 0) is 70.5 Å². The largest absolute Gasteiger partial charge is 0.390 e. The van der Waals surface area contributed by atoms with Gasteiger partial charge in [0, 0.05) is 12.6 Å². The maximum absolute atomic E-state index is 10.3. The highest BCUT2D eigenvalue weighted by molar-refractivity contribution is 5.56. The summed E-state index contributed by atoms with van der Waals surface area (Å²) in [6.45, 7) is 2.53. The van der Waals surface area contributed by atoms with Crippen molar-refractivity contribution >= 4 is 6.21 Å². The number of allylic oxidation sites excluding steroid dienone is 2. The number of nitrogens with zero attached hydrogens (tertiary/aromatic N) is 2. The lowest BCUT2D eigenvalue weighted by Gasteiger charge is -2.33. The van der Waals surface area contributed by atoms with Gasteiger partial charge in [0.2, 0.25) is 0 Å². The van der Waals surface area contributed by atoms with E-state index in [1.807, 2.05) is 6.21 Å². The number of aliphatic hydroxyl groups is 1. The van der Waals surface area contributed by atoms with Gasteiger partial charge in [0.15, 0.2) is 0 Å². The van der Waals surface area contributed by atoms with Crippen molar-refractivity contribution < 1.29 is 5.11 Å². The zero-order valence-corrected chi connectivity index (χ0v) is 14.8. The molecule has 1 heterocycles. The highest BCUT2D eigenvalue weighted by Gasteiger charge is 2.20. The molecule has 0 radical (unpaired) electrons. The Morgan fingerprint density at radius 1 is 0.826 bits per heavy atom. The molecule has 0 bridgehead atoms. The topological polar surface area (TPSA) is 35.8 Å². The molecule has 0 aromatic heterocycles. The van der Waals surface area contributed by atoms with E-state index < -0.39 is 0 Å². The molecule has 3 nitrogen and oxygen atoms in total. The van der Waals surface area contributed by atoms with Crippen LogP contribution in [0.1, 0.15) is 77.0 Å². The van der Waals surface area contributed by atoms with Gasteiger partial charge in [-0.1, -0.05) is 31.4 Å². The Hall–Kier alpha value is -0.670. The van der Waals surface area contributed by atoms with Crippen molar-refractivity contribution in [2.45, 2.75) is 89.2 Å². The second kappa shape index (κ2) is 11.8. The lowest BCUT2D eigenvalue weighted by molar-refractivity contribution is 0.0824. The van der Waals surface area contributed by atoms with Crippen LogP contribution >= 0.6 is 0 Å². The Morgan fingerprint density at radius 2 is 1.57 bits per heavy atom. The van der Waals surface area contributed by atoms with Crippen LogP contribution in [0.5, 0.6) is 0 Å². The second-order valence-electron chi connectivity index (χ2n) is 7.24. The van der Waals surface area contributed by atoms with Gasteiger partial charge in [-0.15, -0.1) is 0 Å². The van der Waals surface area contributed by atoms with Crippen LogP contribution in [-0.4, -0.2) is 48.0 Å². The predicted molar refractivity (Wildman–Crippen MR) is 99.3 cm³/mol. The van der Waals surface area contributed by atoms with Gasteiger partial charge in [-0.2, -0.15) is 0 Å². The van der Waals surface area contributed by atoms with E-state index in [2.05, 4.69) is 22.0 Å². The van der Waals surface area contributed by atoms with Crippen molar-refractivity contribution in [3.63, 3.8) is 0 Å². The number of aliphatic hydroxyl groups excluding tert-OH is 1. The Kier molecular flexibility index (Phi) is 9.58. The summed E-state index contributed by atoms with van der Waals surface area (Å²) in [5.41, 5.74) is 0. The molecule has 0 spiro atoms. The summed E-state index contributed by atoms with van der Waals surface area (Å²) in [5, 5.41) is 10.3. The molecule has 23 heavy (non-hydrogen) atoms. The smallest absolute Gasteiger partial charge is 0.0861 e. The standard InChI is InChI=1S/C20H36N2O/c23-20-17-21-15-11-7-8-12-16-22(18-20)19-13-9-5-3-1-2-4-6-10-14-19/h1,3,15,19-20,23H,2,4-14,16-18H2. The Bertz CT molecular complexity index is 354. The molecule has 1 aliphatic carbocycles. The lowest BCUT2D eigenvalue weighted by atomic mass is 10.00. The fourth-order valence-electron chi connectivity index (χ4n) is 3.80. The molecule has 3 heteroatoms. The minimum Gasteiger partial charge on any atom is -0.390 e. The monoisotopic (exact) mass is 320 g/mol. The minimum atomic E-state index is -0.303. The second-order valence-corrected chi connectivity index (χ2v) is 7.24. The van der Waals surface area contributed by atoms with E-state index in [1.165, 1.54) is 70.6 Å². The molecule has 2 rings (SSSR count). The minimum absolute atomic E-state index is 0.303. The number of hydrogen-bond donors (Lipinski definition) is 1. The first-order valence-electron chi connectivity index (χ1n) is 9.91. The molecule has 0 saturated heterocycles. The van der Waals surface area contributed by atoms with Crippen LogP contribution < -0.4 is 0 Å². The van der Waals surface area contributed by atoms with E-state index in [0.717, 1.165) is 19.5 Å². The van der Waals surface area contributed by atoms with Gasteiger partial charge in [0.1, 0.15) is 0 Å². The summed E-state index contributed by atoms with van der Waals surface area (Å²) < 4.78 is 0. The van der Waals surface area contributed by atoms with E-state index in [4.69, 9.17) is 0 Å². The molecule has 0 amide bonds. The van der Waals surface area contributed by atoms with E-state index in [1.54, 1.807) is 0 Å². The zero-order valence-electron chi connectivity index (χ0n) is 14.8. The Morgan fingerprint density at radius 3 is 2.48 bits per heavy atom. The van der Waals surface area contributed by atoms with Crippen molar-refractivity contribution in [2.75, 3.05) is 19.6 Å². The van der Waals surface area contributed by atoms with Crippen molar-refractivity contribution in [2.24, 2.45) is 4.99 Å². The molecule has 132 valence electrons. The molecule has 1 N–H and O–H groups in total. The van der Waals surface area contributed by atoms with Crippen LogP contribution in [0.15, 0.2) is 17.1 Å². The molecule has 0 aromatic rings. The Labute approximate surface area is 142 Å². The first-order chi connectivity index (χ1) is 11.4. The molecule has 0 saturated carbocycles. The predicted octanol–water partition coefficient (Wildman–Crippen LogP) is 4.35. The van der Waals surface area contributed by atoms with E-state index in [-0.39, 0.29) is 6.10 Å². The highest BCUT2D eigenvalue weighted by Crippen LogP contribution is 2.20. The first-order valence-corrected chi connectivity index (χ1v) is 9.91. The van der Waals surface area contributed by atoms with Gasteiger partial charge in [0.25, 0.3) is 0 Å². The van der Waals surface area contributed by atoms with E-state index in [9.17, 15) is 5.11 Å². The number of hydrogen-bond acceptors (Lipinski definition) is 3. The van der Waals surface area contributed by atoms with Crippen LogP contribution in [0.25, 0.3) is 0 Å². The normalized spacial score (nSPS) is 30.3. The molecule has 2 unspecified atom stereocenters. The zero-order chi connectivity index (χ0) is 16.2. The fourth-order valence-corrected chi connectivity index (χ4v) is 3.80. The molecule has 2 atom stereocenters. The average Bonchev–Trinajstić information content (AvgIpc) is 2.64. The number of aliphatic imine (C=N–C) groups is 1. The summed E-state index contributed by atoms with van der Waals surface area (Å²) in [4.78, 5) is 6.99. The van der Waals surface area contributed by atoms with Crippen molar-refractivity contribution in [3.8, 4) is 0 Å². The van der Waals surface area contributed by atoms with Gasteiger partial charge in [-0.3, -0.25) is 9.89 Å². The van der Waals surface area contributed by atoms with Gasteiger partial charge < -0.3 is 5.11 Å². The summed E-state index contributed by atoms with van der Waals surface area (Å²) in [6, 6.07) is 0.654. The summed E-state index contributed by atoms with van der Waals surface area (Å²) in [6.07, 6.45) is 21.7. The quantitative estimate of drug-likeness (QED) is 0.729. The fraction of sp³-hybridized carbons (Fsp3) is 0.850. The number of rotatable bonds is 1.